The highest BCUT2D eigenvalue weighted by atomic mass is 35.5. The summed E-state index contributed by atoms with van der Waals surface area (Å²) in [5.74, 6) is -4.40. The van der Waals surface area contributed by atoms with Gasteiger partial charge in [-0.05, 0) is 30.3 Å². The van der Waals surface area contributed by atoms with Crippen molar-refractivity contribution in [2.24, 2.45) is 0 Å². The summed E-state index contributed by atoms with van der Waals surface area (Å²) in [7, 11) is -2.65. The molecule has 12 heteroatoms. The fraction of sp³-hybridized carbons (Fsp3) is 0.100. The zero-order valence-corrected chi connectivity index (χ0v) is 18.0. The number of sulfonamides is 1. The Bertz CT molecular complexity index is 1320. The summed E-state index contributed by atoms with van der Waals surface area (Å²) in [4.78, 5) is 16.0. The van der Waals surface area contributed by atoms with E-state index in [0.29, 0.717) is 6.07 Å². The lowest BCUT2D eigenvalue weighted by molar-refractivity contribution is 0.0977. The molecule has 0 aliphatic rings. The van der Waals surface area contributed by atoms with E-state index in [1.54, 1.807) is 4.72 Å². The van der Waals surface area contributed by atoms with Crippen molar-refractivity contribution in [1.82, 2.24) is 9.71 Å². The number of ether oxygens (including phenoxy) is 2. The van der Waals surface area contributed by atoms with Gasteiger partial charge in [0.25, 0.3) is 5.91 Å². The number of hydrogen-bond donors (Lipinski definition) is 1. The fourth-order valence-corrected chi connectivity index (χ4v) is 3.31. The van der Waals surface area contributed by atoms with Gasteiger partial charge in [-0.25, -0.2) is 31.3 Å². The topological polar surface area (TPSA) is 94.6 Å². The van der Waals surface area contributed by atoms with Crippen LogP contribution in [0.15, 0.2) is 42.6 Å². The van der Waals surface area contributed by atoms with Crippen LogP contribution >= 0.6 is 11.6 Å². The number of carbonyl (C=O) groups excluding carboxylic acids is 1. The molecule has 0 unspecified atom stereocenters. The molecule has 2 aromatic carbocycles. The number of halogens is 4. The Morgan fingerprint density at radius 3 is 2.38 bits per heavy atom. The molecule has 3 rings (SSSR count). The minimum Gasteiger partial charge on any atom is -0.496 e. The number of aromatic nitrogens is 1. The SMILES string of the molecule is COc1cc(C(=O)NS(C)(=O)=O)c(F)cc1-c1cnc(Oc2ccc(F)cc2F)c(Cl)c1. The number of carbonyl (C=O) groups is 1. The highest BCUT2D eigenvalue weighted by Gasteiger charge is 2.21. The Labute approximate surface area is 185 Å². The van der Waals surface area contributed by atoms with Crippen LogP contribution < -0.4 is 14.2 Å². The number of methoxy groups -OCH3 is 1. The zero-order valence-electron chi connectivity index (χ0n) is 16.5. The monoisotopic (exact) mass is 486 g/mol. The second-order valence-corrected chi connectivity index (χ2v) is 8.58. The van der Waals surface area contributed by atoms with E-state index in [2.05, 4.69) is 4.98 Å². The molecule has 7 nitrogen and oxygen atoms in total. The predicted octanol–water partition coefficient (Wildman–Crippen LogP) is 4.31. The Morgan fingerprint density at radius 2 is 1.78 bits per heavy atom. The average molecular weight is 487 g/mol. The molecule has 0 saturated heterocycles. The molecule has 0 fully saturated rings. The van der Waals surface area contributed by atoms with E-state index in [9.17, 15) is 26.4 Å². The normalized spacial score (nSPS) is 11.2. The van der Waals surface area contributed by atoms with Gasteiger partial charge in [0.15, 0.2) is 11.6 Å². The van der Waals surface area contributed by atoms with E-state index in [-0.39, 0.29) is 33.5 Å². The van der Waals surface area contributed by atoms with Gasteiger partial charge in [-0.15, -0.1) is 0 Å². The Morgan fingerprint density at radius 1 is 1.06 bits per heavy atom. The van der Waals surface area contributed by atoms with Crippen LogP contribution in [-0.4, -0.2) is 32.7 Å². The van der Waals surface area contributed by atoms with Crippen LogP contribution in [-0.2, 0) is 10.0 Å². The van der Waals surface area contributed by atoms with Gasteiger partial charge in [0.1, 0.15) is 22.4 Å². The van der Waals surface area contributed by atoms with Crippen LogP contribution in [0, 0.1) is 17.5 Å². The molecule has 168 valence electrons. The number of nitrogens with one attached hydrogen (secondary N) is 1. The third kappa shape index (κ3) is 5.29. The van der Waals surface area contributed by atoms with Crippen LogP contribution in [0.5, 0.6) is 17.4 Å². The van der Waals surface area contributed by atoms with E-state index < -0.39 is 38.9 Å². The minimum absolute atomic E-state index is 0.0289. The lowest BCUT2D eigenvalue weighted by Crippen LogP contribution is -2.30. The molecule has 0 bridgehead atoms. The van der Waals surface area contributed by atoms with Gasteiger partial charge >= 0.3 is 0 Å². The first-order chi connectivity index (χ1) is 15.0. The van der Waals surface area contributed by atoms with Crippen LogP contribution in [0.25, 0.3) is 11.1 Å². The Balaban J connectivity index is 1.96. The molecule has 1 amide bonds. The molecule has 1 aromatic heterocycles. The fourth-order valence-electron chi connectivity index (χ4n) is 2.66. The lowest BCUT2D eigenvalue weighted by Gasteiger charge is -2.13. The van der Waals surface area contributed by atoms with E-state index in [0.717, 1.165) is 30.5 Å². The van der Waals surface area contributed by atoms with Gasteiger partial charge in [-0.3, -0.25) is 4.79 Å². The van der Waals surface area contributed by atoms with Gasteiger partial charge in [-0.1, -0.05) is 11.6 Å². The number of amides is 1. The average Bonchev–Trinajstić information content (AvgIpc) is 2.69. The molecule has 0 saturated carbocycles. The Hall–Kier alpha value is -3.31. The molecule has 3 aromatic rings. The highest BCUT2D eigenvalue weighted by molar-refractivity contribution is 7.89. The number of pyridine rings is 1. The maximum absolute atomic E-state index is 14.6. The molecule has 1 heterocycles. The second-order valence-electron chi connectivity index (χ2n) is 6.42. The molecule has 0 spiro atoms. The third-order valence-corrected chi connectivity index (χ3v) is 4.86. The van der Waals surface area contributed by atoms with Crippen molar-refractivity contribution in [3.8, 4) is 28.5 Å². The summed E-state index contributed by atoms with van der Waals surface area (Å²) in [5.41, 5.74) is -0.149. The summed E-state index contributed by atoms with van der Waals surface area (Å²) in [6.07, 6.45) is 1.99. The van der Waals surface area contributed by atoms with Crippen LogP contribution in [0.4, 0.5) is 13.2 Å². The van der Waals surface area contributed by atoms with Crippen LogP contribution in [0.2, 0.25) is 5.02 Å². The van der Waals surface area contributed by atoms with Gasteiger partial charge in [0, 0.05) is 23.4 Å². The minimum atomic E-state index is -3.91. The summed E-state index contributed by atoms with van der Waals surface area (Å²) in [5, 5.41) is -0.0763. The number of nitrogens with zero attached hydrogens (tertiary/aromatic N) is 1. The quantitative estimate of drug-likeness (QED) is 0.558. The van der Waals surface area contributed by atoms with E-state index in [4.69, 9.17) is 21.1 Å². The zero-order chi connectivity index (χ0) is 23.6. The van der Waals surface area contributed by atoms with Crippen molar-refractivity contribution in [3.63, 3.8) is 0 Å². The predicted molar refractivity (Wildman–Crippen MR) is 110 cm³/mol. The maximum Gasteiger partial charge on any atom is 0.267 e. The first-order valence-electron chi connectivity index (χ1n) is 8.67. The van der Waals surface area contributed by atoms with Crippen molar-refractivity contribution < 1.29 is 35.9 Å². The van der Waals surface area contributed by atoms with Crippen molar-refractivity contribution in [2.75, 3.05) is 13.4 Å². The number of hydrogen-bond acceptors (Lipinski definition) is 6. The van der Waals surface area contributed by atoms with Crippen molar-refractivity contribution in [1.29, 1.82) is 0 Å². The second kappa shape index (κ2) is 9.05. The molecular weight excluding hydrogens is 473 g/mol. The maximum atomic E-state index is 14.6. The summed E-state index contributed by atoms with van der Waals surface area (Å²) in [6.45, 7) is 0. The van der Waals surface area contributed by atoms with Gasteiger partial charge in [-0.2, -0.15) is 0 Å². The largest absolute Gasteiger partial charge is 0.496 e. The van der Waals surface area contributed by atoms with Crippen molar-refractivity contribution in [2.45, 2.75) is 0 Å². The number of rotatable bonds is 6. The van der Waals surface area contributed by atoms with Crippen LogP contribution in [0.1, 0.15) is 10.4 Å². The lowest BCUT2D eigenvalue weighted by atomic mass is 10.0. The summed E-state index contributed by atoms with van der Waals surface area (Å²) >= 11 is 6.15. The summed E-state index contributed by atoms with van der Waals surface area (Å²) in [6, 6.07) is 6.00. The highest BCUT2D eigenvalue weighted by Crippen LogP contribution is 2.36. The molecule has 0 aliphatic heterocycles. The first-order valence-corrected chi connectivity index (χ1v) is 10.9. The molecule has 32 heavy (non-hydrogen) atoms. The molecule has 0 aliphatic carbocycles. The van der Waals surface area contributed by atoms with Gasteiger partial charge < -0.3 is 9.47 Å². The summed E-state index contributed by atoms with van der Waals surface area (Å²) < 4.78 is 76.0. The Kier molecular flexibility index (Phi) is 6.60. The van der Waals surface area contributed by atoms with Crippen molar-refractivity contribution in [3.05, 3.63) is 70.6 Å². The molecule has 1 N–H and O–H groups in total. The van der Waals surface area contributed by atoms with Crippen LogP contribution in [0.3, 0.4) is 0 Å². The van der Waals surface area contributed by atoms with E-state index >= 15 is 0 Å². The van der Waals surface area contributed by atoms with Gasteiger partial charge in [0.05, 0.1) is 18.9 Å². The van der Waals surface area contributed by atoms with E-state index in [1.807, 2.05) is 0 Å². The third-order valence-electron chi connectivity index (χ3n) is 4.03. The number of benzene rings is 2. The standard InChI is InChI=1S/C20H14ClF3N2O5S/c1-30-18-8-13(19(27)26-32(2,28)29)15(23)7-12(18)10-5-14(21)20(25-9-10)31-17-4-3-11(22)6-16(17)24/h3-9H,1-2H3,(H,26,27). The molecular formula is C20H14ClF3N2O5S. The smallest absolute Gasteiger partial charge is 0.267 e. The molecule has 0 atom stereocenters. The van der Waals surface area contributed by atoms with E-state index in [1.165, 1.54) is 19.4 Å². The van der Waals surface area contributed by atoms with Crippen molar-refractivity contribution >= 4 is 27.5 Å². The first kappa shape index (κ1) is 23.4. The van der Waals surface area contributed by atoms with Gasteiger partial charge in [0.2, 0.25) is 15.9 Å². The molecule has 0 radical (unpaired) electrons.